The molecule has 1 fully saturated rings. The molecule has 0 unspecified atom stereocenters. The number of piperazine rings is 1. The number of rotatable bonds is 4. The Balaban J connectivity index is 1.27. The van der Waals surface area contributed by atoms with E-state index < -0.39 is 0 Å². The van der Waals surface area contributed by atoms with Gasteiger partial charge in [-0.1, -0.05) is 17.3 Å². The SMILES string of the molecule is Cc1nc2n(C)c(C)cn2c(=O)c1CCN1CCN(c2noc3ccccc23)CC1. The highest BCUT2D eigenvalue weighted by Gasteiger charge is 2.22. The van der Waals surface area contributed by atoms with Gasteiger partial charge in [-0.3, -0.25) is 14.1 Å². The molecule has 0 N–H and O–H groups in total. The van der Waals surface area contributed by atoms with E-state index in [1.165, 1.54) is 0 Å². The molecule has 4 heterocycles. The summed E-state index contributed by atoms with van der Waals surface area (Å²) in [5.74, 6) is 1.63. The van der Waals surface area contributed by atoms with E-state index in [9.17, 15) is 4.79 Å². The first-order chi connectivity index (χ1) is 14.5. The van der Waals surface area contributed by atoms with Crippen LogP contribution in [0.4, 0.5) is 5.82 Å². The number of hydrogen-bond acceptors (Lipinski definition) is 6. The van der Waals surface area contributed by atoms with Crippen LogP contribution in [0.2, 0.25) is 0 Å². The van der Waals surface area contributed by atoms with E-state index in [-0.39, 0.29) is 5.56 Å². The second-order valence-electron chi connectivity index (χ2n) is 8.06. The number of anilines is 1. The summed E-state index contributed by atoms with van der Waals surface area (Å²) in [6, 6.07) is 7.97. The van der Waals surface area contributed by atoms with Crippen LogP contribution in [0, 0.1) is 13.8 Å². The molecule has 0 atom stereocenters. The summed E-state index contributed by atoms with van der Waals surface area (Å²) >= 11 is 0. The second kappa shape index (κ2) is 7.28. The Morgan fingerprint density at radius 2 is 1.87 bits per heavy atom. The van der Waals surface area contributed by atoms with E-state index in [0.29, 0.717) is 12.2 Å². The van der Waals surface area contributed by atoms with Crippen molar-refractivity contribution in [2.75, 3.05) is 37.6 Å². The van der Waals surface area contributed by atoms with Gasteiger partial charge in [0.1, 0.15) is 0 Å². The fourth-order valence-corrected chi connectivity index (χ4v) is 4.29. The third-order valence-corrected chi connectivity index (χ3v) is 6.25. The van der Waals surface area contributed by atoms with E-state index in [1.807, 2.05) is 49.9 Å². The zero-order valence-electron chi connectivity index (χ0n) is 17.6. The molecular weight excluding hydrogens is 380 g/mol. The lowest BCUT2D eigenvalue weighted by Crippen LogP contribution is -2.47. The van der Waals surface area contributed by atoms with Gasteiger partial charge >= 0.3 is 0 Å². The van der Waals surface area contributed by atoms with Crippen molar-refractivity contribution < 1.29 is 4.52 Å². The molecule has 0 aliphatic carbocycles. The van der Waals surface area contributed by atoms with Crippen LogP contribution in [0.1, 0.15) is 17.0 Å². The zero-order valence-corrected chi connectivity index (χ0v) is 17.6. The van der Waals surface area contributed by atoms with Gasteiger partial charge in [-0.15, -0.1) is 0 Å². The topological polar surface area (TPSA) is 71.8 Å². The fraction of sp³-hybridized carbons (Fsp3) is 0.409. The van der Waals surface area contributed by atoms with Gasteiger partial charge in [-0.05, 0) is 32.4 Å². The van der Waals surface area contributed by atoms with E-state index in [4.69, 9.17) is 4.52 Å². The third kappa shape index (κ3) is 3.08. The highest BCUT2D eigenvalue weighted by Crippen LogP contribution is 2.26. The van der Waals surface area contributed by atoms with Crippen LogP contribution in [-0.4, -0.2) is 56.7 Å². The number of nitrogens with zero attached hydrogens (tertiary/aromatic N) is 6. The molecule has 1 aromatic carbocycles. The minimum absolute atomic E-state index is 0.0499. The van der Waals surface area contributed by atoms with Gasteiger partial charge in [0.15, 0.2) is 11.4 Å². The summed E-state index contributed by atoms with van der Waals surface area (Å²) in [6.45, 7) is 8.42. The lowest BCUT2D eigenvalue weighted by molar-refractivity contribution is 0.259. The maximum atomic E-state index is 13.0. The van der Waals surface area contributed by atoms with Crippen LogP contribution in [0.25, 0.3) is 16.7 Å². The van der Waals surface area contributed by atoms with Crippen molar-refractivity contribution in [3.8, 4) is 0 Å². The van der Waals surface area contributed by atoms with Crippen LogP contribution >= 0.6 is 0 Å². The molecule has 8 nitrogen and oxygen atoms in total. The Morgan fingerprint density at radius 1 is 1.10 bits per heavy atom. The minimum Gasteiger partial charge on any atom is -0.354 e. The summed E-state index contributed by atoms with van der Waals surface area (Å²) < 4.78 is 9.08. The highest BCUT2D eigenvalue weighted by molar-refractivity contribution is 5.88. The summed E-state index contributed by atoms with van der Waals surface area (Å²) in [6.07, 6.45) is 2.58. The minimum atomic E-state index is 0.0499. The Morgan fingerprint density at radius 3 is 2.67 bits per heavy atom. The standard InChI is InChI=1S/C22H26N6O2/c1-15-14-28-21(29)17(16(2)23-22(28)25(15)3)8-9-26-10-12-27(13-11-26)20-18-6-4-5-7-19(18)30-24-20/h4-7,14H,8-13H2,1-3H3. The molecule has 0 radical (unpaired) electrons. The monoisotopic (exact) mass is 406 g/mol. The van der Waals surface area contributed by atoms with Crippen LogP contribution < -0.4 is 10.5 Å². The van der Waals surface area contributed by atoms with E-state index in [2.05, 4.69) is 26.0 Å². The molecule has 8 heteroatoms. The van der Waals surface area contributed by atoms with Crippen LogP contribution in [0.5, 0.6) is 0 Å². The van der Waals surface area contributed by atoms with Crippen LogP contribution in [0.3, 0.4) is 0 Å². The molecule has 0 amide bonds. The molecule has 1 aliphatic rings. The van der Waals surface area contributed by atoms with Crippen molar-refractivity contribution in [1.82, 2.24) is 24.0 Å². The van der Waals surface area contributed by atoms with E-state index >= 15 is 0 Å². The van der Waals surface area contributed by atoms with Crippen LogP contribution in [-0.2, 0) is 13.5 Å². The average Bonchev–Trinajstić information content (AvgIpc) is 3.31. The number of fused-ring (bicyclic) bond motifs is 2. The maximum absolute atomic E-state index is 13.0. The number of benzene rings is 1. The summed E-state index contributed by atoms with van der Waals surface area (Å²) in [7, 11) is 1.94. The molecule has 3 aromatic heterocycles. The largest absolute Gasteiger partial charge is 0.354 e. The number of para-hydroxylation sites is 1. The molecule has 0 saturated carbocycles. The molecule has 0 bridgehead atoms. The number of aryl methyl sites for hydroxylation is 3. The van der Waals surface area contributed by atoms with E-state index in [1.54, 1.807) is 4.40 Å². The Kier molecular flexibility index (Phi) is 4.58. The molecule has 5 rings (SSSR count). The van der Waals surface area contributed by atoms with Gasteiger partial charge in [-0.2, -0.15) is 0 Å². The van der Waals surface area contributed by atoms with Crippen molar-refractivity contribution in [2.45, 2.75) is 20.3 Å². The van der Waals surface area contributed by atoms with E-state index in [0.717, 1.165) is 66.5 Å². The van der Waals surface area contributed by atoms with Gasteiger partial charge in [0.2, 0.25) is 5.78 Å². The van der Waals surface area contributed by atoms with Gasteiger partial charge in [0.25, 0.3) is 5.56 Å². The summed E-state index contributed by atoms with van der Waals surface area (Å²) in [4.78, 5) is 22.3. The zero-order chi connectivity index (χ0) is 20.8. The van der Waals surface area contributed by atoms with Crippen molar-refractivity contribution in [2.24, 2.45) is 7.05 Å². The quantitative estimate of drug-likeness (QED) is 0.517. The smallest absolute Gasteiger partial charge is 0.262 e. The second-order valence-corrected chi connectivity index (χ2v) is 8.06. The lowest BCUT2D eigenvalue weighted by atomic mass is 10.1. The molecule has 0 spiro atoms. The van der Waals surface area contributed by atoms with Gasteiger partial charge in [0.05, 0.1) is 11.1 Å². The maximum Gasteiger partial charge on any atom is 0.262 e. The first kappa shape index (κ1) is 18.9. The molecule has 30 heavy (non-hydrogen) atoms. The number of aromatic nitrogens is 4. The molecule has 4 aromatic rings. The predicted octanol–water partition coefficient (Wildman–Crippen LogP) is 2.16. The molecule has 156 valence electrons. The highest BCUT2D eigenvalue weighted by atomic mass is 16.5. The first-order valence-corrected chi connectivity index (χ1v) is 10.4. The van der Waals surface area contributed by atoms with Crippen LogP contribution in [0.15, 0.2) is 39.8 Å². The number of imidazole rings is 1. The van der Waals surface area contributed by atoms with Crippen molar-refractivity contribution >= 4 is 22.6 Å². The Bertz CT molecular complexity index is 1280. The molecule has 1 aliphatic heterocycles. The third-order valence-electron chi connectivity index (χ3n) is 6.25. The lowest BCUT2D eigenvalue weighted by Gasteiger charge is -2.34. The molecule has 1 saturated heterocycles. The summed E-state index contributed by atoms with van der Waals surface area (Å²) in [5, 5.41) is 5.34. The van der Waals surface area contributed by atoms with Crippen molar-refractivity contribution in [3.05, 3.63) is 57.8 Å². The van der Waals surface area contributed by atoms with Crippen molar-refractivity contribution in [1.29, 1.82) is 0 Å². The first-order valence-electron chi connectivity index (χ1n) is 10.4. The predicted molar refractivity (Wildman–Crippen MR) is 116 cm³/mol. The van der Waals surface area contributed by atoms with Gasteiger partial charge in [0, 0.05) is 57.2 Å². The Labute approximate surface area is 174 Å². The molecular formula is C22H26N6O2. The number of hydrogen-bond donors (Lipinski definition) is 0. The Hall–Kier alpha value is -3.13. The van der Waals surface area contributed by atoms with Gasteiger partial charge < -0.3 is 14.0 Å². The van der Waals surface area contributed by atoms with Gasteiger partial charge in [-0.25, -0.2) is 4.98 Å². The fourth-order valence-electron chi connectivity index (χ4n) is 4.29. The summed E-state index contributed by atoms with van der Waals surface area (Å²) in [5.41, 5.74) is 3.53. The normalized spacial score (nSPS) is 15.5. The van der Waals surface area contributed by atoms with Crippen molar-refractivity contribution in [3.63, 3.8) is 0 Å². The average molecular weight is 406 g/mol.